The van der Waals surface area contributed by atoms with Gasteiger partial charge in [-0.15, -0.1) is 0 Å². The molecule has 1 amide bonds. The minimum atomic E-state index is -0.159. The van der Waals surface area contributed by atoms with Crippen LogP contribution in [0.25, 0.3) is 0 Å². The van der Waals surface area contributed by atoms with E-state index < -0.39 is 0 Å². The Hall–Kier alpha value is -2.53. The van der Waals surface area contributed by atoms with E-state index in [-0.39, 0.29) is 5.91 Å². The van der Waals surface area contributed by atoms with E-state index in [1.54, 1.807) is 24.3 Å². The van der Waals surface area contributed by atoms with Crippen molar-refractivity contribution in [3.8, 4) is 0 Å². The van der Waals surface area contributed by atoms with Crippen molar-refractivity contribution in [2.45, 2.75) is 0 Å². The molecule has 0 spiro atoms. The van der Waals surface area contributed by atoms with E-state index in [1.165, 1.54) is 0 Å². The molecule has 0 aliphatic carbocycles. The number of carbonyl (C=O) groups excluding carboxylic acids is 1. The van der Waals surface area contributed by atoms with Gasteiger partial charge in [0.15, 0.2) is 0 Å². The summed E-state index contributed by atoms with van der Waals surface area (Å²) < 4.78 is 5.38. The van der Waals surface area contributed by atoms with Gasteiger partial charge in [0.05, 0.1) is 24.6 Å². The Balaban J connectivity index is 1.81. The number of ether oxygens (including phenoxy) is 1. The number of hydrogen-bond donors (Lipinski definition) is 2. The summed E-state index contributed by atoms with van der Waals surface area (Å²) in [6.07, 6.45) is 0. The van der Waals surface area contributed by atoms with Crippen LogP contribution in [-0.2, 0) is 4.74 Å². The number of para-hydroxylation sites is 2. The molecule has 1 aliphatic rings. The van der Waals surface area contributed by atoms with E-state index in [4.69, 9.17) is 10.5 Å². The van der Waals surface area contributed by atoms with E-state index in [1.807, 2.05) is 24.3 Å². The number of carbonyl (C=O) groups is 1. The highest BCUT2D eigenvalue weighted by molar-refractivity contribution is 6.06. The van der Waals surface area contributed by atoms with Crippen LogP contribution in [0, 0.1) is 0 Å². The summed E-state index contributed by atoms with van der Waals surface area (Å²) in [5.41, 5.74) is 8.68. The molecule has 1 saturated heterocycles. The van der Waals surface area contributed by atoms with Crippen LogP contribution in [0.5, 0.6) is 0 Å². The summed E-state index contributed by atoms with van der Waals surface area (Å²) in [4.78, 5) is 14.6. The second kappa shape index (κ2) is 6.49. The Morgan fingerprint density at radius 1 is 1.09 bits per heavy atom. The molecule has 0 bridgehead atoms. The van der Waals surface area contributed by atoms with Gasteiger partial charge in [0, 0.05) is 24.3 Å². The number of amides is 1. The lowest BCUT2D eigenvalue weighted by atomic mass is 10.1. The topological polar surface area (TPSA) is 67.6 Å². The van der Waals surface area contributed by atoms with Crippen molar-refractivity contribution in [3.63, 3.8) is 0 Å². The number of nitrogens with one attached hydrogen (secondary N) is 1. The van der Waals surface area contributed by atoms with E-state index in [2.05, 4.69) is 10.2 Å². The highest BCUT2D eigenvalue weighted by Gasteiger charge is 2.16. The molecule has 5 heteroatoms. The van der Waals surface area contributed by atoms with Crippen LogP contribution >= 0.6 is 0 Å². The molecular formula is C17H19N3O2. The zero-order valence-corrected chi connectivity index (χ0v) is 12.3. The lowest BCUT2D eigenvalue weighted by molar-refractivity contribution is 0.102. The molecule has 3 N–H and O–H groups in total. The average molecular weight is 297 g/mol. The molecule has 1 heterocycles. The van der Waals surface area contributed by atoms with Crippen LogP contribution in [0.4, 0.5) is 17.1 Å². The van der Waals surface area contributed by atoms with Crippen LogP contribution in [0.3, 0.4) is 0 Å². The zero-order valence-electron chi connectivity index (χ0n) is 12.3. The van der Waals surface area contributed by atoms with E-state index in [0.29, 0.717) is 24.5 Å². The van der Waals surface area contributed by atoms with Crippen molar-refractivity contribution in [2.75, 3.05) is 42.3 Å². The average Bonchev–Trinajstić information content (AvgIpc) is 2.56. The standard InChI is InChI=1S/C17H19N3O2/c18-14-5-3-4-13(12-14)17(21)19-15-6-1-2-7-16(15)20-8-10-22-11-9-20/h1-7,12H,8-11,18H2,(H,19,21). The van der Waals surface area contributed by atoms with Crippen LogP contribution in [0.2, 0.25) is 0 Å². The van der Waals surface area contributed by atoms with E-state index in [9.17, 15) is 4.79 Å². The first-order valence-corrected chi connectivity index (χ1v) is 7.32. The summed E-state index contributed by atoms with van der Waals surface area (Å²) in [7, 11) is 0. The number of anilines is 3. The van der Waals surface area contributed by atoms with Crippen LogP contribution in [0.15, 0.2) is 48.5 Å². The van der Waals surface area contributed by atoms with Gasteiger partial charge in [-0.3, -0.25) is 4.79 Å². The van der Waals surface area contributed by atoms with Crippen LogP contribution in [0.1, 0.15) is 10.4 Å². The van der Waals surface area contributed by atoms with E-state index >= 15 is 0 Å². The van der Waals surface area contributed by atoms with Crippen molar-refractivity contribution in [2.24, 2.45) is 0 Å². The molecule has 22 heavy (non-hydrogen) atoms. The first-order valence-electron chi connectivity index (χ1n) is 7.32. The maximum absolute atomic E-state index is 12.4. The predicted octanol–water partition coefficient (Wildman–Crippen LogP) is 2.36. The van der Waals surface area contributed by atoms with Gasteiger partial charge < -0.3 is 20.7 Å². The largest absolute Gasteiger partial charge is 0.399 e. The third-order valence-corrected chi connectivity index (χ3v) is 3.65. The molecule has 0 radical (unpaired) electrons. The normalized spacial score (nSPS) is 14.6. The molecule has 1 fully saturated rings. The molecule has 0 aromatic heterocycles. The van der Waals surface area contributed by atoms with Gasteiger partial charge in [0.1, 0.15) is 0 Å². The van der Waals surface area contributed by atoms with Gasteiger partial charge in [0.2, 0.25) is 0 Å². The van der Waals surface area contributed by atoms with Crippen LogP contribution < -0.4 is 16.0 Å². The van der Waals surface area contributed by atoms with Gasteiger partial charge in [-0.2, -0.15) is 0 Å². The van der Waals surface area contributed by atoms with Gasteiger partial charge in [0.25, 0.3) is 5.91 Å². The summed E-state index contributed by atoms with van der Waals surface area (Å²) in [6.45, 7) is 3.06. The molecule has 5 nitrogen and oxygen atoms in total. The monoisotopic (exact) mass is 297 g/mol. The summed E-state index contributed by atoms with van der Waals surface area (Å²) in [5.74, 6) is -0.159. The zero-order chi connectivity index (χ0) is 15.4. The van der Waals surface area contributed by atoms with Gasteiger partial charge in [-0.25, -0.2) is 0 Å². The van der Waals surface area contributed by atoms with Crippen LogP contribution in [-0.4, -0.2) is 32.2 Å². The summed E-state index contributed by atoms with van der Waals surface area (Å²) in [5, 5.41) is 2.97. The second-order valence-corrected chi connectivity index (χ2v) is 5.20. The maximum atomic E-state index is 12.4. The Morgan fingerprint density at radius 3 is 2.64 bits per heavy atom. The van der Waals surface area contributed by atoms with Gasteiger partial charge in [-0.05, 0) is 30.3 Å². The Labute approximate surface area is 129 Å². The predicted molar refractivity (Wildman–Crippen MR) is 88.3 cm³/mol. The van der Waals surface area contributed by atoms with Crippen molar-refractivity contribution in [3.05, 3.63) is 54.1 Å². The fourth-order valence-electron chi connectivity index (χ4n) is 2.53. The molecule has 114 valence electrons. The molecule has 0 saturated carbocycles. The van der Waals surface area contributed by atoms with Crippen molar-refractivity contribution >= 4 is 23.0 Å². The quantitative estimate of drug-likeness (QED) is 0.853. The molecule has 0 atom stereocenters. The smallest absolute Gasteiger partial charge is 0.255 e. The fraction of sp³-hybridized carbons (Fsp3) is 0.235. The second-order valence-electron chi connectivity index (χ2n) is 5.20. The number of benzene rings is 2. The van der Waals surface area contributed by atoms with E-state index in [0.717, 1.165) is 24.5 Å². The molecule has 3 rings (SSSR count). The Bertz CT molecular complexity index is 666. The third-order valence-electron chi connectivity index (χ3n) is 3.65. The highest BCUT2D eigenvalue weighted by atomic mass is 16.5. The minimum Gasteiger partial charge on any atom is -0.399 e. The molecule has 2 aromatic carbocycles. The first kappa shape index (κ1) is 14.4. The number of rotatable bonds is 3. The van der Waals surface area contributed by atoms with Crippen molar-refractivity contribution < 1.29 is 9.53 Å². The lowest BCUT2D eigenvalue weighted by Crippen LogP contribution is -2.36. The summed E-state index contributed by atoms with van der Waals surface area (Å²) >= 11 is 0. The third kappa shape index (κ3) is 3.20. The number of nitrogens with two attached hydrogens (primary N) is 1. The van der Waals surface area contributed by atoms with Gasteiger partial charge >= 0.3 is 0 Å². The highest BCUT2D eigenvalue weighted by Crippen LogP contribution is 2.26. The number of morpholine rings is 1. The Morgan fingerprint density at radius 2 is 1.86 bits per heavy atom. The van der Waals surface area contributed by atoms with Gasteiger partial charge in [-0.1, -0.05) is 18.2 Å². The fourth-order valence-corrected chi connectivity index (χ4v) is 2.53. The first-order chi connectivity index (χ1) is 10.7. The van der Waals surface area contributed by atoms with Crippen molar-refractivity contribution in [1.82, 2.24) is 0 Å². The molecule has 2 aromatic rings. The van der Waals surface area contributed by atoms with Crippen molar-refractivity contribution in [1.29, 1.82) is 0 Å². The number of hydrogen-bond acceptors (Lipinski definition) is 4. The SMILES string of the molecule is Nc1cccc(C(=O)Nc2ccccc2N2CCOCC2)c1. The number of nitrogen functional groups attached to an aromatic ring is 1. The molecule has 1 aliphatic heterocycles. The minimum absolute atomic E-state index is 0.159. The maximum Gasteiger partial charge on any atom is 0.255 e. The summed E-state index contributed by atoms with van der Waals surface area (Å²) in [6, 6.07) is 14.8. The molecular weight excluding hydrogens is 278 g/mol. The molecule has 0 unspecified atom stereocenters. The Kier molecular flexibility index (Phi) is 4.25. The number of nitrogens with zero attached hydrogens (tertiary/aromatic N) is 1. The lowest BCUT2D eigenvalue weighted by Gasteiger charge is -2.30.